The van der Waals surface area contributed by atoms with Crippen molar-refractivity contribution in [2.45, 2.75) is 39.8 Å². The van der Waals surface area contributed by atoms with Crippen molar-refractivity contribution in [1.82, 2.24) is 10.4 Å². The van der Waals surface area contributed by atoms with Gasteiger partial charge in [-0.1, -0.05) is 0 Å². The minimum Gasteiger partial charge on any atom is -0.396 e. The van der Waals surface area contributed by atoms with Crippen molar-refractivity contribution in [3.05, 3.63) is 18.5 Å². The molecular weight excluding hydrogens is 188 g/mol. The summed E-state index contributed by atoms with van der Waals surface area (Å²) in [5, 5.41) is 2.07. The second-order valence-corrected chi connectivity index (χ2v) is 4.18. The predicted octanol–water partition coefficient (Wildman–Crippen LogP) is 1.79. The summed E-state index contributed by atoms with van der Waals surface area (Å²) in [6.07, 6.45) is 3.43. The van der Waals surface area contributed by atoms with E-state index in [0.717, 1.165) is 5.69 Å². The fourth-order valence-corrected chi connectivity index (χ4v) is 1.39. The molecule has 0 atom stereocenters. The van der Waals surface area contributed by atoms with Crippen LogP contribution in [-0.4, -0.2) is 17.1 Å². The van der Waals surface area contributed by atoms with Crippen molar-refractivity contribution >= 4 is 11.4 Å². The second kappa shape index (κ2) is 4.98. The first-order chi connectivity index (χ1) is 7.02. The molecule has 1 rings (SSSR count). The highest BCUT2D eigenvalue weighted by Gasteiger charge is 2.13. The maximum Gasteiger partial charge on any atom is 0.0783 e. The van der Waals surface area contributed by atoms with Gasteiger partial charge < -0.3 is 10.7 Å². The SMILES string of the molecule is CC(C)NN(c1ccncc1N)C(C)C. The van der Waals surface area contributed by atoms with E-state index >= 15 is 0 Å². The molecule has 1 aromatic rings. The lowest BCUT2D eigenvalue weighted by atomic mass is 10.3. The van der Waals surface area contributed by atoms with Gasteiger partial charge >= 0.3 is 0 Å². The molecule has 0 spiro atoms. The van der Waals surface area contributed by atoms with Gasteiger partial charge in [0, 0.05) is 18.3 Å². The number of rotatable bonds is 4. The molecule has 0 bridgehead atoms. The maximum absolute atomic E-state index is 5.89. The molecule has 4 nitrogen and oxygen atoms in total. The number of aromatic nitrogens is 1. The third kappa shape index (κ3) is 3.09. The molecule has 0 unspecified atom stereocenters. The molecular formula is C11H20N4. The van der Waals surface area contributed by atoms with E-state index in [4.69, 9.17) is 5.73 Å². The number of anilines is 2. The highest BCUT2D eigenvalue weighted by atomic mass is 15.5. The van der Waals surface area contributed by atoms with Crippen LogP contribution in [0.3, 0.4) is 0 Å². The number of hydrogen-bond donors (Lipinski definition) is 2. The van der Waals surface area contributed by atoms with Gasteiger partial charge in [0.2, 0.25) is 0 Å². The van der Waals surface area contributed by atoms with Crippen molar-refractivity contribution in [3.8, 4) is 0 Å². The van der Waals surface area contributed by atoms with Crippen LogP contribution >= 0.6 is 0 Å². The first kappa shape index (κ1) is 11.8. The zero-order chi connectivity index (χ0) is 11.4. The summed E-state index contributed by atoms with van der Waals surface area (Å²) in [7, 11) is 0. The van der Waals surface area contributed by atoms with Gasteiger partial charge in [0.15, 0.2) is 0 Å². The van der Waals surface area contributed by atoms with Crippen LogP contribution in [0.15, 0.2) is 18.5 Å². The molecule has 15 heavy (non-hydrogen) atoms. The van der Waals surface area contributed by atoms with Crippen LogP contribution in [-0.2, 0) is 0 Å². The lowest BCUT2D eigenvalue weighted by Gasteiger charge is -2.32. The van der Waals surface area contributed by atoms with Crippen LogP contribution in [0.25, 0.3) is 0 Å². The van der Waals surface area contributed by atoms with Gasteiger partial charge in [-0.2, -0.15) is 0 Å². The zero-order valence-corrected chi connectivity index (χ0v) is 9.86. The average molecular weight is 208 g/mol. The Morgan fingerprint density at radius 3 is 2.47 bits per heavy atom. The van der Waals surface area contributed by atoms with Gasteiger partial charge in [-0.3, -0.25) is 4.98 Å². The molecule has 3 N–H and O–H groups in total. The summed E-state index contributed by atoms with van der Waals surface area (Å²) in [4.78, 5) is 3.99. The van der Waals surface area contributed by atoms with Gasteiger partial charge in [0.05, 0.1) is 17.6 Å². The number of nitrogens with one attached hydrogen (secondary N) is 1. The normalized spacial score (nSPS) is 11.1. The van der Waals surface area contributed by atoms with Crippen LogP contribution in [0.5, 0.6) is 0 Å². The number of hydrazine groups is 1. The van der Waals surface area contributed by atoms with E-state index in [2.05, 4.69) is 43.1 Å². The van der Waals surface area contributed by atoms with Crippen LogP contribution in [0.2, 0.25) is 0 Å². The number of pyridine rings is 1. The monoisotopic (exact) mass is 208 g/mol. The first-order valence-electron chi connectivity index (χ1n) is 5.27. The predicted molar refractivity (Wildman–Crippen MR) is 64.5 cm³/mol. The van der Waals surface area contributed by atoms with Crippen molar-refractivity contribution < 1.29 is 0 Å². The molecule has 0 radical (unpaired) electrons. The first-order valence-corrected chi connectivity index (χ1v) is 5.27. The van der Waals surface area contributed by atoms with Crippen molar-refractivity contribution in [2.24, 2.45) is 0 Å². The molecule has 0 saturated carbocycles. The quantitative estimate of drug-likeness (QED) is 0.741. The lowest BCUT2D eigenvalue weighted by molar-refractivity contribution is 0.505. The minimum atomic E-state index is 0.345. The summed E-state index contributed by atoms with van der Waals surface area (Å²) in [6, 6.07) is 2.64. The summed E-state index contributed by atoms with van der Waals surface area (Å²) in [5.41, 5.74) is 10.9. The summed E-state index contributed by atoms with van der Waals surface area (Å²) >= 11 is 0. The Balaban J connectivity index is 2.94. The Morgan fingerprint density at radius 2 is 2.00 bits per heavy atom. The van der Waals surface area contributed by atoms with Gasteiger partial charge in [-0.15, -0.1) is 0 Å². The molecule has 1 heterocycles. The molecule has 0 aliphatic heterocycles. The number of nitrogens with two attached hydrogens (primary N) is 1. The topological polar surface area (TPSA) is 54.2 Å². The Bertz CT molecular complexity index is 309. The van der Waals surface area contributed by atoms with Gasteiger partial charge in [0.1, 0.15) is 0 Å². The van der Waals surface area contributed by atoms with Crippen LogP contribution in [0, 0.1) is 0 Å². The van der Waals surface area contributed by atoms with Crippen LogP contribution in [0.4, 0.5) is 11.4 Å². The van der Waals surface area contributed by atoms with E-state index in [9.17, 15) is 0 Å². The third-order valence-electron chi connectivity index (χ3n) is 2.00. The molecule has 4 heteroatoms. The standard InChI is InChI=1S/C11H20N4/c1-8(2)14-15(9(3)4)11-5-6-13-7-10(11)12/h5-9,14H,12H2,1-4H3. The number of nitrogens with zero attached hydrogens (tertiary/aromatic N) is 2. The molecule has 0 aromatic carbocycles. The molecule has 0 aliphatic carbocycles. The summed E-state index contributed by atoms with van der Waals surface area (Å²) in [5.74, 6) is 0. The highest BCUT2D eigenvalue weighted by Crippen LogP contribution is 2.21. The van der Waals surface area contributed by atoms with E-state index in [1.165, 1.54) is 0 Å². The Morgan fingerprint density at radius 1 is 1.33 bits per heavy atom. The highest BCUT2D eigenvalue weighted by molar-refractivity contribution is 5.65. The minimum absolute atomic E-state index is 0.345. The molecule has 1 aromatic heterocycles. The van der Waals surface area contributed by atoms with Gasteiger partial charge in [0.25, 0.3) is 0 Å². The number of nitrogen functional groups attached to an aromatic ring is 1. The van der Waals surface area contributed by atoms with E-state index in [1.54, 1.807) is 12.4 Å². The van der Waals surface area contributed by atoms with E-state index in [0.29, 0.717) is 17.8 Å². The maximum atomic E-state index is 5.89. The van der Waals surface area contributed by atoms with Gasteiger partial charge in [-0.05, 0) is 33.8 Å². The number of hydrogen-bond acceptors (Lipinski definition) is 4. The smallest absolute Gasteiger partial charge is 0.0783 e. The zero-order valence-electron chi connectivity index (χ0n) is 9.86. The largest absolute Gasteiger partial charge is 0.396 e. The van der Waals surface area contributed by atoms with Gasteiger partial charge in [-0.25, -0.2) is 5.43 Å². The van der Waals surface area contributed by atoms with Crippen molar-refractivity contribution in [2.75, 3.05) is 10.7 Å². The summed E-state index contributed by atoms with van der Waals surface area (Å²) < 4.78 is 0. The second-order valence-electron chi connectivity index (χ2n) is 4.18. The summed E-state index contributed by atoms with van der Waals surface area (Å²) in [6.45, 7) is 8.45. The Labute approximate surface area is 91.5 Å². The van der Waals surface area contributed by atoms with Crippen molar-refractivity contribution in [1.29, 1.82) is 0 Å². The van der Waals surface area contributed by atoms with Crippen LogP contribution < -0.4 is 16.2 Å². The fraction of sp³-hybridized carbons (Fsp3) is 0.545. The van der Waals surface area contributed by atoms with Crippen LogP contribution in [0.1, 0.15) is 27.7 Å². The molecule has 84 valence electrons. The molecule has 0 aliphatic rings. The Hall–Kier alpha value is -1.29. The Kier molecular flexibility index (Phi) is 3.91. The van der Waals surface area contributed by atoms with E-state index in [1.807, 2.05) is 6.07 Å². The molecule has 0 fully saturated rings. The van der Waals surface area contributed by atoms with Crippen molar-refractivity contribution in [3.63, 3.8) is 0 Å². The molecule has 0 amide bonds. The van der Waals surface area contributed by atoms with E-state index in [-0.39, 0.29) is 0 Å². The lowest BCUT2D eigenvalue weighted by Crippen LogP contribution is -2.47. The third-order valence-corrected chi connectivity index (χ3v) is 2.00. The fourth-order valence-electron chi connectivity index (χ4n) is 1.39. The molecule has 0 saturated heterocycles. The van der Waals surface area contributed by atoms with E-state index < -0.39 is 0 Å². The average Bonchev–Trinajstić information content (AvgIpc) is 2.15.